The van der Waals surface area contributed by atoms with Gasteiger partial charge in [0.25, 0.3) is 11.6 Å². The van der Waals surface area contributed by atoms with Crippen molar-refractivity contribution in [2.24, 2.45) is 5.92 Å². The fourth-order valence-electron chi connectivity index (χ4n) is 4.29. The number of piperidine rings is 1. The fourth-order valence-corrected chi connectivity index (χ4v) is 4.99. The van der Waals surface area contributed by atoms with E-state index in [2.05, 4.69) is 32.3 Å². The third-order valence-electron chi connectivity index (χ3n) is 5.83. The first-order chi connectivity index (χ1) is 15.6. The van der Waals surface area contributed by atoms with Crippen LogP contribution in [-0.2, 0) is 6.54 Å². The first kappa shape index (κ1) is 20.8. The monoisotopic (exact) mass is 447 g/mol. The number of rotatable bonds is 5. The van der Waals surface area contributed by atoms with Gasteiger partial charge in [0.15, 0.2) is 5.13 Å². The molecule has 1 atom stereocenters. The Labute approximate surface area is 190 Å². The van der Waals surface area contributed by atoms with Crippen molar-refractivity contribution in [2.75, 3.05) is 18.4 Å². The minimum absolute atomic E-state index is 0.242. The third-order valence-corrected chi connectivity index (χ3v) is 6.64. The zero-order valence-corrected chi connectivity index (χ0v) is 19.0. The fraction of sp³-hybridized carbons (Fsp3) is 0.333. The van der Waals surface area contributed by atoms with Gasteiger partial charge in [-0.15, -0.1) is 11.3 Å². The molecule has 3 aromatic heterocycles. The highest BCUT2D eigenvalue weighted by molar-refractivity contribution is 7.14. The van der Waals surface area contributed by atoms with E-state index in [4.69, 9.17) is 4.52 Å². The molecular formula is C24H25N5O2S. The van der Waals surface area contributed by atoms with E-state index in [0.717, 1.165) is 36.8 Å². The molecule has 164 valence electrons. The summed E-state index contributed by atoms with van der Waals surface area (Å²) in [6, 6.07) is 11.5. The highest BCUT2D eigenvalue weighted by Crippen LogP contribution is 2.28. The Morgan fingerprint density at radius 1 is 1.28 bits per heavy atom. The largest absolute Gasteiger partial charge is 0.335 e. The molecule has 8 heteroatoms. The molecule has 0 aliphatic carbocycles. The van der Waals surface area contributed by atoms with Crippen LogP contribution in [-0.4, -0.2) is 39.0 Å². The van der Waals surface area contributed by atoms with E-state index >= 15 is 0 Å². The molecule has 1 saturated heterocycles. The number of thiazole rings is 1. The average Bonchev–Trinajstić information content (AvgIpc) is 3.40. The van der Waals surface area contributed by atoms with Crippen LogP contribution < -0.4 is 5.32 Å². The second-order valence-electron chi connectivity index (χ2n) is 8.45. The minimum atomic E-state index is -0.242. The van der Waals surface area contributed by atoms with E-state index in [9.17, 15) is 4.79 Å². The van der Waals surface area contributed by atoms with Gasteiger partial charge in [0, 0.05) is 24.0 Å². The van der Waals surface area contributed by atoms with Gasteiger partial charge in [-0.05, 0) is 38.3 Å². The number of hydrogen-bond acceptors (Lipinski definition) is 7. The summed E-state index contributed by atoms with van der Waals surface area (Å²) in [5.41, 5.74) is 4.03. The first-order valence-electron chi connectivity index (χ1n) is 10.9. The molecule has 1 amide bonds. The number of anilines is 1. The van der Waals surface area contributed by atoms with Crippen molar-refractivity contribution in [3.63, 3.8) is 0 Å². The molecule has 0 saturated carbocycles. The molecule has 0 bridgehead atoms. The lowest BCUT2D eigenvalue weighted by atomic mass is 10.0. The van der Waals surface area contributed by atoms with Crippen molar-refractivity contribution < 1.29 is 9.32 Å². The summed E-state index contributed by atoms with van der Waals surface area (Å²) >= 11 is 1.45. The molecule has 1 fully saturated rings. The molecule has 5 rings (SSSR count). The first-order valence-corrected chi connectivity index (χ1v) is 11.8. The van der Waals surface area contributed by atoms with Crippen LogP contribution in [0.1, 0.15) is 41.5 Å². The number of amides is 1. The highest BCUT2D eigenvalue weighted by atomic mass is 32.1. The molecule has 0 unspecified atom stereocenters. The van der Waals surface area contributed by atoms with Gasteiger partial charge in [-0.3, -0.25) is 15.0 Å². The molecule has 1 aliphatic rings. The summed E-state index contributed by atoms with van der Waals surface area (Å²) in [6.45, 7) is 7.13. The number of nitrogens with one attached hydrogen (secondary N) is 1. The maximum absolute atomic E-state index is 13.3. The highest BCUT2D eigenvalue weighted by Gasteiger charge is 2.21. The van der Waals surface area contributed by atoms with Gasteiger partial charge >= 0.3 is 0 Å². The molecule has 1 aromatic carbocycles. The lowest BCUT2D eigenvalue weighted by molar-refractivity contribution is 0.102. The lowest BCUT2D eigenvalue weighted by Crippen LogP contribution is -2.33. The van der Waals surface area contributed by atoms with Crippen LogP contribution >= 0.6 is 11.3 Å². The number of hydrogen-bond donors (Lipinski definition) is 1. The molecular weight excluding hydrogens is 422 g/mol. The Kier molecular flexibility index (Phi) is 5.71. The predicted octanol–water partition coefficient (Wildman–Crippen LogP) is 5.14. The maximum atomic E-state index is 13.3. The predicted molar refractivity (Wildman–Crippen MR) is 126 cm³/mol. The number of fused-ring (bicyclic) bond motifs is 1. The standard InChI is InChI=1S/C24H25N5O2S/c1-15-7-6-10-29(12-15)13-18-14-32-24(25-18)27-22(30)19-11-20(17-8-4-3-5-9-17)26-23-21(19)16(2)28-31-23/h3-5,8-9,11,14-15H,6-7,10,12-13H2,1-2H3,(H,25,27,30)/t15-/m0/s1. The van der Waals surface area contributed by atoms with Crippen molar-refractivity contribution >= 4 is 33.5 Å². The molecule has 4 heterocycles. The van der Waals surface area contributed by atoms with Gasteiger partial charge in [-0.2, -0.15) is 0 Å². The molecule has 1 N–H and O–H groups in total. The molecule has 4 aromatic rings. The maximum Gasteiger partial charge on any atom is 0.259 e. The Morgan fingerprint density at radius 2 is 2.12 bits per heavy atom. The lowest BCUT2D eigenvalue weighted by Gasteiger charge is -2.30. The molecule has 0 spiro atoms. The Hall–Kier alpha value is -3.10. The second kappa shape index (κ2) is 8.80. The van der Waals surface area contributed by atoms with Gasteiger partial charge in [0.05, 0.1) is 28.0 Å². The minimum Gasteiger partial charge on any atom is -0.335 e. The van der Waals surface area contributed by atoms with Crippen LogP contribution in [0.25, 0.3) is 22.4 Å². The average molecular weight is 448 g/mol. The van der Waals surface area contributed by atoms with Gasteiger partial charge in [0.1, 0.15) is 0 Å². The normalized spacial score (nSPS) is 17.0. The van der Waals surface area contributed by atoms with Gasteiger partial charge < -0.3 is 4.52 Å². The molecule has 32 heavy (non-hydrogen) atoms. The molecule has 1 aliphatic heterocycles. The van der Waals surface area contributed by atoms with E-state index < -0.39 is 0 Å². The summed E-state index contributed by atoms with van der Waals surface area (Å²) < 4.78 is 5.39. The molecule has 0 radical (unpaired) electrons. The van der Waals surface area contributed by atoms with Crippen LogP contribution in [0.3, 0.4) is 0 Å². The second-order valence-corrected chi connectivity index (χ2v) is 9.31. The van der Waals surface area contributed by atoms with E-state index in [0.29, 0.717) is 33.2 Å². The van der Waals surface area contributed by atoms with Crippen molar-refractivity contribution in [3.8, 4) is 11.3 Å². The number of benzene rings is 1. The number of nitrogens with zero attached hydrogens (tertiary/aromatic N) is 4. The number of carbonyl (C=O) groups is 1. The van der Waals surface area contributed by atoms with Gasteiger partial charge in [-0.25, -0.2) is 9.97 Å². The Balaban J connectivity index is 1.39. The Morgan fingerprint density at radius 3 is 2.94 bits per heavy atom. The van der Waals surface area contributed by atoms with Gasteiger partial charge in [-0.1, -0.05) is 42.4 Å². The summed E-state index contributed by atoms with van der Waals surface area (Å²) in [6.07, 6.45) is 2.53. The van der Waals surface area contributed by atoms with Crippen molar-refractivity contribution in [3.05, 3.63) is 58.7 Å². The van der Waals surface area contributed by atoms with Crippen LogP contribution in [0.15, 0.2) is 46.3 Å². The van der Waals surface area contributed by atoms with Crippen molar-refractivity contribution in [1.82, 2.24) is 20.0 Å². The quantitative estimate of drug-likeness (QED) is 0.456. The zero-order valence-electron chi connectivity index (χ0n) is 18.2. The number of carbonyl (C=O) groups excluding carboxylic acids is 1. The van der Waals surface area contributed by atoms with E-state index in [-0.39, 0.29) is 5.91 Å². The zero-order chi connectivity index (χ0) is 22.1. The SMILES string of the molecule is Cc1noc2nc(-c3ccccc3)cc(C(=O)Nc3nc(CN4CCC[C@H](C)C4)cs3)c12. The van der Waals surface area contributed by atoms with Crippen LogP contribution in [0.5, 0.6) is 0 Å². The third kappa shape index (κ3) is 4.28. The summed E-state index contributed by atoms with van der Waals surface area (Å²) in [4.78, 5) is 24.9. The number of pyridine rings is 1. The van der Waals surface area contributed by atoms with Gasteiger partial charge in [0.2, 0.25) is 0 Å². The summed E-state index contributed by atoms with van der Waals surface area (Å²) in [7, 11) is 0. The smallest absolute Gasteiger partial charge is 0.259 e. The number of aromatic nitrogens is 3. The van der Waals surface area contributed by atoms with Crippen LogP contribution in [0.4, 0.5) is 5.13 Å². The van der Waals surface area contributed by atoms with Crippen LogP contribution in [0, 0.1) is 12.8 Å². The van der Waals surface area contributed by atoms with E-state index in [1.807, 2.05) is 42.6 Å². The van der Waals surface area contributed by atoms with E-state index in [1.54, 1.807) is 6.07 Å². The van der Waals surface area contributed by atoms with Crippen molar-refractivity contribution in [2.45, 2.75) is 33.2 Å². The number of likely N-dealkylation sites (tertiary alicyclic amines) is 1. The number of aryl methyl sites for hydroxylation is 1. The van der Waals surface area contributed by atoms with E-state index in [1.165, 1.54) is 24.2 Å². The van der Waals surface area contributed by atoms with Crippen molar-refractivity contribution in [1.29, 1.82) is 0 Å². The topological polar surface area (TPSA) is 84.1 Å². The Bertz CT molecular complexity index is 1250. The van der Waals surface area contributed by atoms with Crippen LogP contribution in [0.2, 0.25) is 0 Å². The summed E-state index contributed by atoms with van der Waals surface area (Å²) in [5.74, 6) is 0.481. The summed E-state index contributed by atoms with van der Waals surface area (Å²) in [5, 5.41) is 10.2. The molecule has 7 nitrogen and oxygen atoms in total.